The third-order valence-corrected chi connectivity index (χ3v) is 3.14. The normalized spacial score (nSPS) is 15.3. The minimum absolute atomic E-state index is 0.649. The molecule has 1 N–H and O–H groups in total. The van der Waals surface area contributed by atoms with E-state index in [0.717, 1.165) is 31.3 Å². The van der Waals surface area contributed by atoms with Crippen molar-refractivity contribution in [3.8, 4) is 0 Å². The summed E-state index contributed by atoms with van der Waals surface area (Å²) < 4.78 is 5.72. The lowest BCUT2D eigenvalue weighted by Gasteiger charge is -2.11. The number of rotatable bonds is 8. The molecule has 3 nitrogen and oxygen atoms in total. The van der Waals surface area contributed by atoms with Crippen molar-refractivity contribution in [1.82, 2.24) is 10.3 Å². The fourth-order valence-electron chi connectivity index (χ4n) is 1.86. The number of aromatic nitrogens is 1. The maximum Gasteiger partial charge on any atom is 0.0891 e. The van der Waals surface area contributed by atoms with E-state index in [4.69, 9.17) is 4.74 Å². The molecule has 1 heterocycles. The smallest absolute Gasteiger partial charge is 0.0891 e. The van der Waals surface area contributed by atoms with Crippen molar-refractivity contribution in [2.45, 2.75) is 39.8 Å². The van der Waals surface area contributed by atoms with Gasteiger partial charge in [0.1, 0.15) is 0 Å². The molecule has 18 heavy (non-hydrogen) atoms. The number of hydrogen-bond donors (Lipinski definition) is 1. The molecule has 0 amide bonds. The number of hydrogen-bond acceptors (Lipinski definition) is 3. The minimum Gasteiger partial charge on any atom is -0.375 e. The molecule has 1 saturated carbocycles. The van der Waals surface area contributed by atoms with Gasteiger partial charge in [-0.05, 0) is 42.9 Å². The van der Waals surface area contributed by atoms with Crippen LogP contribution in [0.4, 0.5) is 0 Å². The lowest BCUT2D eigenvalue weighted by atomic mass is 10.2. The van der Waals surface area contributed by atoms with Crippen LogP contribution >= 0.6 is 0 Å². The number of nitrogens with one attached hydrogen (secondary N) is 1. The predicted octanol–water partition coefficient (Wildman–Crippen LogP) is 2.75. The van der Waals surface area contributed by atoms with Crippen LogP contribution < -0.4 is 5.32 Å². The molecule has 0 aromatic carbocycles. The van der Waals surface area contributed by atoms with Crippen LogP contribution in [0, 0.1) is 11.8 Å². The summed E-state index contributed by atoms with van der Waals surface area (Å²) in [5.41, 5.74) is 2.34. The fraction of sp³-hybridized carbons (Fsp3) is 0.667. The first kappa shape index (κ1) is 13.5. The van der Waals surface area contributed by atoms with Gasteiger partial charge in [0.05, 0.1) is 12.3 Å². The lowest BCUT2D eigenvalue weighted by Crippen LogP contribution is -2.20. The molecule has 0 aliphatic heterocycles. The zero-order chi connectivity index (χ0) is 12.8. The monoisotopic (exact) mass is 248 g/mol. The van der Waals surface area contributed by atoms with Crippen molar-refractivity contribution >= 4 is 0 Å². The van der Waals surface area contributed by atoms with Crippen LogP contribution in [-0.2, 0) is 17.9 Å². The van der Waals surface area contributed by atoms with Crippen LogP contribution in [-0.4, -0.2) is 18.1 Å². The molecule has 0 bridgehead atoms. The van der Waals surface area contributed by atoms with Crippen molar-refractivity contribution in [1.29, 1.82) is 0 Å². The molecule has 100 valence electrons. The van der Waals surface area contributed by atoms with Crippen LogP contribution in [0.25, 0.3) is 0 Å². The molecule has 1 aliphatic rings. The van der Waals surface area contributed by atoms with Crippen molar-refractivity contribution < 1.29 is 4.74 Å². The molecule has 0 radical (unpaired) electrons. The third-order valence-electron chi connectivity index (χ3n) is 3.14. The first-order valence-corrected chi connectivity index (χ1v) is 6.97. The van der Waals surface area contributed by atoms with Crippen molar-refractivity contribution in [3.05, 3.63) is 29.6 Å². The summed E-state index contributed by atoms with van der Waals surface area (Å²) in [5.74, 6) is 1.49. The minimum atomic E-state index is 0.649. The van der Waals surface area contributed by atoms with Gasteiger partial charge in [-0.1, -0.05) is 19.9 Å². The Labute approximate surface area is 110 Å². The first-order chi connectivity index (χ1) is 8.75. The summed E-state index contributed by atoms with van der Waals surface area (Å²) in [7, 11) is 0. The highest BCUT2D eigenvalue weighted by molar-refractivity contribution is 5.18. The Morgan fingerprint density at radius 1 is 1.44 bits per heavy atom. The summed E-state index contributed by atoms with van der Waals surface area (Å²) in [5, 5.41) is 3.46. The van der Waals surface area contributed by atoms with Crippen LogP contribution in [0.1, 0.15) is 37.9 Å². The summed E-state index contributed by atoms with van der Waals surface area (Å²) in [6.07, 6.45) is 4.53. The van der Waals surface area contributed by atoms with Crippen molar-refractivity contribution in [2.75, 3.05) is 13.2 Å². The number of ether oxygens (including phenoxy) is 1. The van der Waals surface area contributed by atoms with Gasteiger partial charge in [-0.15, -0.1) is 0 Å². The van der Waals surface area contributed by atoms with Crippen LogP contribution in [0.5, 0.6) is 0 Å². The Balaban J connectivity index is 1.79. The van der Waals surface area contributed by atoms with E-state index in [1.165, 1.54) is 18.4 Å². The van der Waals surface area contributed by atoms with Gasteiger partial charge in [0.2, 0.25) is 0 Å². The second kappa shape index (κ2) is 6.86. The summed E-state index contributed by atoms with van der Waals surface area (Å²) >= 11 is 0. The third kappa shape index (κ3) is 4.75. The molecule has 1 aliphatic carbocycles. The van der Waals surface area contributed by atoms with Crippen LogP contribution in [0.15, 0.2) is 18.3 Å². The van der Waals surface area contributed by atoms with Gasteiger partial charge in [0, 0.05) is 19.3 Å². The Hall–Kier alpha value is -0.930. The average molecular weight is 248 g/mol. The molecule has 1 fully saturated rings. The van der Waals surface area contributed by atoms with E-state index >= 15 is 0 Å². The molecule has 2 rings (SSSR count). The van der Waals surface area contributed by atoms with E-state index in [9.17, 15) is 0 Å². The molecular weight excluding hydrogens is 224 g/mol. The Kier molecular flexibility index (Phi) is 5.14. The molecule has 0 unspecified atom stereocenters. The molecular formula is C15H24N2O. The predicted molar refractivity (Wildman–Crippen MR) is 73.2 cm³/mol. The average Bonchev–Trinajstić information content (AvgIpc) is 3.15. The first-order valence-electron chi connectivity index (χ1n) is 6.97. The summed E-state index contributed by atoms with van der Waals surface area (Å²) in [6.45, 7) is 7.91. The summed E-state index contributed by atoms with van der Waals surface area (Å²) in [4.78, 5) is 4.43. The van der Waals surface area contributed by atoms with E-state index in [1.54, 1.807) is 0 Å². The van der Waals surface area contributed by atoms with Crippen LogP contribution in [0.2, 0.25) is 0 Å². The van der Waals surface area contributed by atoms with Crippen LogP contribution in [0.3, 0.4) is 0 Å². The highest BCUT2D eigenvalue weighted by atomic mass is 16.5. The SMILES string of the molecule is CC(C)CNCc1cccnc1COCC1CC1. The maximum atomic E-state index is 5.72. The molecule has 3 heteroatoms. The second-order valence-corrected chi connectivity index (χ2v) is 5.59. The molecule has 0 spiro atoms. The lowest BCUT2D eigenvalue weighted by molar-refractivity contribution is 0.108. The Morgan fingerprint density at radius 2 is 2.28 bits per heavy atom. The van der Waals surface area contributed by atoms with E-state index in [0.29, 0.717) is 12.5 Å². The Bertz CT molecular complexity index is 334. The molecule has 0 atom stereocenters. The molecule has 0 saturated heterocycles. The quantitative estimate of drug-likeness (QED) is 0.768. The van der Waals surface area contributed by atoms with E-state index in [2.05, 4.69) is 30.2 Å². The zero-order valence-electron chi connectivity index (χ0n) is 11.5. The van der Waals surface area contributed by atoms with Gasteiger partial charge in [-0.3, -0.25) is 4.98 Å². The fourth-order valence-corrected chi connectivity index (χ4v) is 1.86. The summed E-state index contributed by atoms with van der Waals surface area (Å²) in [6, 6.07) is 4.13. The molecule has 1 aromatic heterocycles. The highest BCUT2D eigenvalue weighted by Crippen LogP contribution is 2.29. The topological polar surface area (TPSA) is 34.2 Å². The van der Waals surface area contributed by atoms with Gasteiger partial charge >= 0.3 is 0 Å². The zero-order valence-corrected chi connectivity index (χ0v) is 11.5. The standard InChI is InChI=1S/C15H24N2O/c1-12(2)8-16-9-14-4-3-7-17-15(14)11-18-10-13-5-6-13/h3-4,7,12-13,16H,5-6,8-11H2,1-2H3. The van der Waals surface area contributed by atoms with E-state index < -0.39 is 0 Å². The highest BCUT2D eigenvalue weighted by Gasteiger charge is 2.21. The molecule has 1 aromatic rings. The largest absolute Gasteiger partial charge is 0.375 e. The van der Waals surface area contributed by atoms with Gasteiger partial charge in [0.25, 0.3) is 0 Å². The van der Waals surface area contributed by atoms with E-state index in [-0.39, 0.29) is 0 Å². The second-order valence-electron chi connectivity index (χ2n) is 5.59. The van der Waals surface area contributed by atoms with Gasteiger partial charge < -0.3 is 10.1 Å². The van der Waals surface area contributed by atoms with Crippen molar-refractivity contribution in [3.63, 3.8) is 0 Å². The van der Waals surface area contributed by atoms with Crippen molar-refractivity contribution in [2.24, 2.45) is 11.8 Å². The van der Waals surface area contributed by atoms with Gasteiger partial charge in [-0.25, -0.2) is 0 Å². The number of nitrogens with zero attached hydrogens (tertiary/aromatic N) is 1. The maximum absolute atomic E-state index is 5.72. The van der Waals surface area contributed by atoms with Gasteiger partial charge in [-0.2, -0.15) is 0 Å². The number of pyridine rings is 1. The van der Waals surface area contributed by atoms with E-state index in [1.807, 2.05) is 12.3 Å². The van der Waals surface area contributed by atoms with Gasteiger partial charge in [0.15, 0.2) is 0 Å². The Morgan fingerprint density at radius 3 is 3.00 bits per heavy atom.